The number of pyridine rings is 1. The molecular weight excluding hydrogens is 496 g/mol. The number of rotatable bonds is 5. The van der Waals surface area contributed by atoms with E-state index in [0.717, 1.165) is 12.1 Å². The molecule has 2 aromatic heterocycles. The Kier molecular flexibility index (Phi) is 6.21. The zero-order chi connectivity index (χ0) is 22.8. The molecule has 0 radical (unpaired) electrons. The molecule has 0 amide bonds. The topological polar surface area (TPSA) is 59.4 Å². The first-order chi connectivity index (χ1) is 14.5. The second kappa shape index (κ2) is 8.54. The summed E-state index contributed by atoms with van der Waals surface area (Å²) in [6, 6.07) is 3.91. The van der Waals surface area contributed by atoms with Crippen LogP contribution in [-0.2, 0) is 12.7 Å². The molecule has 0 fully saturated rings. The molecule has 0 bridgehead atoms. The van der Waals surface area contributed by atoms with E-state index >= 15 is 0 Å². The van der Waals surface area contributed by atoms with Crippen molar-refractivity contribution in [3.05, 3.63) is 64.0 Å². The van der Waals surface area contributed by atoms with E-state index in [9.17, 15) is 26.3 Å². The molecule has 2 heterocycles. The molecule has 0 saturated carbocycles. The van der Waals surface area contributed by atoms with E-state index in [1.165, 1.54) is 12.4 Å². The van der Waals surface area contributed by atoms with Gasteiger partial charge in [0.1, 0.15) is 6.54 Å². The third kappa shape index (κ3) is 5.72. The number of nitrogens with zero attached hydrogens (tertiary/aromatic N) is 5. The second-order valence-corrected chi connectivity index (χ2v) is 7.09. The smallest absolute Gasteiger partial charge is 0.407 e. The van der Waals surface area contributed by atoms with E-state index in [0.29, 0.717) is 21.0 Å². The Balaban J connectivity index is 1.95. The lowest BCUT2D eigenvalue weighted by Gasteiger charge is -2.25. The van der Waals surface area contributed by atoms with Crippen LogP contribution in [0.25, 0.3) is 16.3 Å². The van der Waals surface area contributed by atoms with E-state index in [1.807, 2.05) is 0 Å². The van der Waals surface area contributed by atoms with Crippen LogP contribution in [0.2, 0.25) is 0 Å². The average Bonchev–Trinajstić information content (AvgIpc) is 3.14. The number of alkyl halides is 6. The fourth-order valence-electron chi connectivity index (χ4n) is 2.63. The molecule has 0 aliphatic carbocycles. The summed E-state index contributed by atoms with van der Waals surface area (Å²) in [4.78, 5) is 7.30. The number of hydrogen-bond acceptors (Lipinski definition) is 5. The minimum absolute atomic E-state index is 0.0184. The van der Waals surface area contributed by atoms with Crippen molar-refractivity contribution in [3.63, 3.8) is 0 Å². The lowest BCUT2D eigenvalue weighted by Crippen LogP contribution is -2.34. The number of aromatic nitrogens is 3. The Morgan fingerprint density at radius 3 is 2.42 bits per heavy atom. The standard InChI is InChI=1S/C18H10BrF6N5O/c1-26-14-3-2-12(5-13(14)18(23,24)25)30(9-17(20,21)22)8-15-28-29-16(31-15)10-4-11(19)7-27-6-10/h2-7H,8-9H2. The van der Waals surface area contributed by atoms with E-state index in [4.69, 9.17) is 11.0 Å². The zero-order valence-corrected chi connectivity index (χ0v) is 16.8. The molecule has 0 aliphatic heterocycles. The minimum atomic E-state index is -4.91. The fraction of sp³-hybridized carbons (Fsp3) is 0.222. The SMILES string of the molecule is [C-]#[N+]c1ccc(N(Cc2nnc(-c3cncc(Br)c3)o2)CC(F)(F)F)cc1C(F)(F)F. The highest BCUT2D eigenvalue weighted by molar-refractivity contribution is 9.10. The predicted molar refractivity (Wildman–Crippen MR) is 100 cm³/mol. The highest BCUT2D eigenvalue weighted by Crippen LogP contribution is 2.39. The molecule has 3 rings (SSSR count). The van der Waals surface area contributed by atoms with Crippen molar-refractivity contribution in [2.75, 3.05) is 11.4 Å². The normalized spacial score (nSPS) is 11.9. The Labute approximate surface area is 179 Å². The van der Waals surface area contributed by atoms with Crippen molar-refractivity contribution < 1.29 is 30.8 Å². The number of anilines is 1. The predicted octanol–water partition coefficient (Wildman–Crippen LogP) is 6.03. The second-order valence-electron chi connectivity index (χ2n) is 6.18. The lowest BCUT2D eigenvalue weighted by atomic mass is 10.1. The molecule has 0 saturated heterocycles. The molecule has 0 aliphatic rings. The summed E-state index contributed by atoms with van der Waals surface area (Å²) in [6.07, 6.45) is -6.75. The Hall–Kier alpha value is -3.14. The first-order valence-corrected chi connectivity index (χ1v) is 9.09. The van der Waals surface area contributed by atoms with Crippen molar-refractivity contribution in [1.29, 1.82) is 0 Å². The highest BCUT2D eigenvalue weighted by Gasteiger charge is 2.36. The van der Waals surface area contributed by atoms with Gasteiger partial charge in [-0.1, -0.05) is 6.07 Å². The van der Waals surface area contributed by atoms with Crippen LogP contribution in [0.5, 0.6) is 0 Å². The van der Waals surface area contributed by atoms with Gasteiger partial charge in [0.05, 0.1) is 24.2 Å². The number of hydrogen-bond donors (Lipinski definition) is 0. The third-order valence-electron chi connectivity index (χ3n) is 3.89. The summed E-state index contributed by atoms with van der Waals surface area (Å²) >= 11 is 3.21. The van der Waals surface area contributed by atoms with Gasteiger partial charge in [0, 0.05) is 22.6 Å². The number of halogens is 7. The maximum absolute atomic E-state index is 13.2. The summed E-state index contributed by atoms with van der Waals surface area (Å²) in [5.74, 6) is -0.267. The van der Waals surface area contributed by atoms with Gasteiger partial charge in [0.2, 0.25) is 11.8 Å². The van der Waals surface area contributed by atoms with E-state index in [1.54, 1.807) is 6.07 Å². The first-order valence-electron chi connectivity index (χ1n) is 8.30. The first kappa shape index (κ1) is 22.5. The van der Waals surface area contributed by atoms with Gasteiger partial charge in [-0.05, 0) is 34.1 Å². The van der Waals surface area contributed by atoms with Crippen LogP contribution in [0.1, 0.15) is 11.5 Å². The van der Waals surface area contributed by atoms with Crippen LogP contribution in [0.4, 0.5) is 37.7 Å². The summed E-state index contributed by atoms with van der Waals surface area (Å²) in [5, 5.41) is 7.43. The number of benzene rings is 1. The van der Waals surface area contributed by atoms with E-state index in [-0.39, 0.29) is 11.8 Å². The Morgan fingerprint density at radius 2 is 1.81 bits per heavy atom. The van der Waals surface area contributed by atoms with Gasteiger partial charge < -0.3 is 9.32 Å². The fourth-order valence-corrected chi connectivity index (χ4v) is 2.99. The van der Waals surface area contributed by atoms with Crippen LogP contribution in [-0.4, -0.2) is 27.9 Å². The monoisotopic (exact) mass is 505 g/mol. The molecule has 3 aromatic rings. The molecule has 13 heteroatoms. The molecule has 1 aromatic carbocycles. The van der Waals surface area contributed by atoms with Gasteiger partial charge in [-0.2, -0.15) is 26.3 Å². The van der Waals surface area contributed by atoms with Crippen LogP contribution in [0.3, 0.4) is 0 Å². The van der Waals surface area contributed by atoms with Crippen LogP contribution in [0, 0.1) is 6.57 Å². The molecule has 0 unspecified atom stereocenters. The summed E-state index contributed by atoms with van der Waals surface area (Å²) in [6.45, 7) is 4.67. The maximum atomic E-state index is 13.2. The summed E-state index contributed by atoms with van der Waals surface area (Å²) < 4.78 is 85.0. The third-order valence-corrected chi connectivity index (χ3v) is 4.32. The molecule has 31 heavy (non-hydrogen) atoms. The maximum Gasteiger partial charge on any atom is 0.407 e. The largest absolute Gasteiger partial charge is 0.419 e. The quantitative estimate of drug-likeness (QED) is 0.313. The highest BCUT2D eigenvalue weighted by atomic mass is 79.9. The molecule has 0 N–H and O–H groups in total. The van der Waals surface area contributed by atoms with Crippen LogP contribution >= 0.6 is 15.9 Å². The minimum Gasteiger partial charge on any atom is -0.419 e. The van der Waals surface area contributed by atoms with E-state index in [2.05, 4.69) is 36.0 Å². The van der Waals surface area contributed by atoms with Crippen molar-refractivity contribution in [2.24, 2.45) is 0 Å². The van der Waals surface area contributed by atoms with Crippen molar-refractivity contribution >= 4 is 27.3 Å². The lowest BCUT2D eigenvalue weighted by molar-refractivity contribution is -0.136. The molecule has 0 atom stereocenters. The van der Waals surface area contributed by atoms with Crippen molar-refractivity contribution in [3.8, 4) is 11.5 Å². The van der Waals surface area contributed by atoms with Gasteiger partial charge in [0.15, 0.2) is 5.69 Å². The van der Waals surface area contributed by atoms with E-state index < -0.39 is 42.4 Å². The van der Waals surface area contributed by atoms with Crippen molar-refractivity contribution in [1.82, 2.24) is 15.2 Å². The molecular formula is C18H10BrF6N5O. The Morgan fingerprint density at radius 1 is 1.06 bits per heavy atom. The molecule has 6 nitrogen and oxygen atoms in total. The van der Waals surface area contributed by atoms with Crippen molar-refractivity contribution in [2.45, 2.75) is 18.9 Å². The van der Waals surface area contributed by atoms with Crippen LogP contribution in [0.15, 0.2) is 45.5 Å². The van der Waals surface area contributed by atoms with Gasteiger partial charge in [-0.15, -0.1) is 10.2 Å². The van der Waals surface area contributed by atoms with Gasteiger partial charge in [-0.3, -0.25) is 4.98 Å². The zero-order valence-electron chi connectivity index (χ0n) is 15.2. The summed E-state index contributed by atoms with van der Waals surface area (Å²) in [5.41, 5.74) is -2.05. The molecule has 162 valence electrons. The van der Waals surface area contributed by atoms with Crippen LogP contribution < -0.4 is 4.90 Å². The van der Waals surface area contributed by atoms with Gasteiger partial charge in [-0.25, -0.2) is 4.85 Å². The average molecular weight is 506 g/mol. The van der Waals surface area contributed by atoms with Gasteiger partial charge in [0.25, 0.3) is 0 Å². The Bertz CT molecular complexity index is 1120. The summed E-state index contributed by atoms with van der Waals surface area (Å²) in [7, 11) is 0. The van der Waals surface area contributed by atoms with Gasteiger partial charge >= 0.3 is 12.4 Å². The molecule has 0 spiro atoms.